The molecular weight excluding hydrogens is 468 g/mol. The lowest BCUT2D eigenvalue weighted by Crippen LogP contribution is -2.11. The van der Waals surface area contributed by atoms with E-state index in [1.165, 1.54) is 30.3 Å². The van der Waals surface area contributed by atoms with Crippen molar-refractivity contribution in [2.75, 3.05) is 0 Å². The summed E-state index contributed by atoms with van der Waals surface area (Å²) in [7, 11) is 0. The molecule has 9 nitrogen and oxygen atoms in total. The van der Waals surface area contributed by atoms with Crippen LogP contribution in [0.25, 0.3) is 22.8 Å². The van der Waals surface area contributed by atoms with Gasteiger partial charge in [-0.15, -0.1) is 10.2 Å². The van der Waals surface area contributed by atoms with Crippen LogP contribution in [0.1, 0.15) is 0 Å². The number of hydrogen-bond acceptors (Lipinski definition) is 7. The second-order valence-electron chi connectivity index (χ2n) is 5.94. The maximum Gasteiger partial charge on any atom is 0.327 e. The van der Waals surface area contributed by atoms with E-state index in [1.54, 1.807) is 6.07 Å². The highest BCUT2D eigenvalue weighted by molar-refractivity contribution is 9.10. The Kier molecular flexibility index (Phi) is 5.23. The van der Waals surface area contributed by atoms with E-state index in [1.807, 2.05) is 0 Å². The summed E-state index contributed by atoms with van der Waals surface area (Å²) in [5, 5.41) is 23.7. The Morgan fingerprint density at radius 1 is 1.17 bits per heavy atom. The van der Waals surface area contributed by atoms with Crippen LogP contribution in [0.2, 0.25) is 0 Å². The van der Waals surface area contributed by atoms with Crippen LogP contribution in [-0.4, -0.2) is 36.4 Å². The van der Waals surface area contributed by atoms with Crippen LogP contribution in [0.15, 0.2) is 51.5 Å². The highest BCUT2D eigenvalue weighted by Gasteiger charge is 2.16. The van der Waals surface area contributed by atoms with E-state index in [0.717, 1.165) is 10.9 Å². The van der Waals surface area contributed by atoms with Gasteiger partial charge in [-0.25, -0.2) is 8.78 Å². The molecule has 2 aromatic heterocycles. The van der Waals surface area contributed by atoms with Crippen molar-refractivity contribution in [2.24, 2.45) is 0 Å². The first-order valence-electron chi connectivity index (χ1n) is 8.28. The first-order chi connectivity index (χ1) is 14.4. The molecule has 0 bridgehead atoms. The Morgan fingerprint density at radius 3 is 2.77 bits per heavy atom. The number of tetrazole rings is 1. The van der Waals surface area contributed by atoms with Crippen LogP contribution in [0.4, 0.5) is 8.78 Å². The summed E-state index contributed by atoms with van der Waals surface area (Å²) in [5.41, 5.74) is 0.669. The van der Waals surface area contributed by atoms with Crippen molar-refractivity contribution < 1.29 is 27.9 Å². The molecule has 0 radical (unpaired) electrons. The molecule has 0 aliphatic carbocycles. The van der Waals surface area contributed by atoms with Gasteiger partial charge >= 0.3 is 5.97 Å². The largest absolute Gasteiger partial charge is 0.480 e. The fourth-order valence-corrected chi connectivity index (χ4v) is 2.79. The Labute approximate surface area is 175 Å². The zero-order chi connectivity index (χ0) is 21.3. The molecule has 0 aliphatic rings. The molecule has 2 aromatic carbocycles. The van der Waals surface area contributed by atoms with Gasteiger partial charge in [-0.2, -0.15) is 4.80 Å². The van der Waals surface area contributed by atoms with E-state index in [4.69, 9.17) is 14.4 Å². The van der Waals surface area contributed by atoms with Crippen molar-refractivity contribution in [2.45, 2.75) is 6.54 Å². The number of hydrogen-bond donors (Lipinski definition) is 1. The number of halogens is 3. The molecule has 30 heavy (non-hydrogen) atoms. The summed E-state index contributed by atoms with van der Waals surface area (Å²) in [5.74, 6) is -2.15. The summed E-state index contributed by atoms with van der Waals surface area (Å²) >= 11 is 3.22. The monoisotopic (exact) mass is 477 g/mol. The van der Waals surface area contributed by atoms with E-state index in [-0.39, 0.29) is 28.8 Å². The number of benzene rings is 2. The van der Waals surface area contributed by atoms with Crippen LogP contribution in [0.5, 0.6) is 11.5 Å². The minimum atomic E-state index is -1.12. The van der Waals surface area contributed by atoms with Gasteiger partial charge in [0.25, 0.3) is 0 Å². The predicted molar refractivity (Wildman–Crippen MR) is 101 cm³/mol. The standard InChI is InChI=1S/C18H10BrF2N5O4/c19-11-3-2-10(20)6-15(11)29-14-4-1-9(5-12(14)21)13-7-16(30-24-13)18-22-25-26(23-18)8-17(27)28/h1-7H,8H2,(H,27,28). The van der Waals surface area contributed by atoms with Gasteiger partial charge < -0.3 is 14.4 Å². The highest BCUT2D eigenvalue weighted by Crippen LogP contribution is 2.33. The SMILES string of the molecule is O=C(O)Cn1nnc(-c2cc(-c3ccc(Oc4cc(F)ccc4Br)c(F)c3)no2)n1. The van der Waals surface area contributed by atoms with Gasteiger partial charge in [0.15, 0.2) is 18.1 Å². The Balaban J connectivity index is 1.55. The maximum atomic E-state index is 14.5. The number of carboxylic acid groups (broad SMARTS) is 1. The molecule has 2 heterocycles. The van der Waals surface area contributed by atoms with Crippen molar-refractivity contribution in [3.63, 3.8) is 0 Å². The van der Waals surface area contributed by atoms with Crippen LogP contribution in [0, 0.1) is 11.6 Å². The van der Waals surface area contributed by atoms with Crippen molar-refractivity contribution in [1.82, 2.24) is 25.4 Å². The number of aromatic nitrogens is 5. The minimum Gasteiger partial charge on any atom is -0.480 e. The van der Waals surface area contributed by atoms with Crippen molar-refractivity contribution in [3.05, 3.63) is 58.6 Å². The van der Waals surface area contributed by atoms with Gasteiger partial charge in [0.05, 0.1) is 4.47 Å². The van der Waals surface area contributed by atoms with Crippen LogP contribution < -0.4 is 4.74 Å². The lowest BCUT2D eigenvalue weighted by atomic mass is 10.1. The fraction of sp³-hybridized carbons (Fsp3) is 0.0556. The Hall–Kier alpha value is -3.67. The molecule has 4 rings (SSSR count). The van der Waals surface area contributed by atoms with Crippen molar-refractivity contribution in [3.8, 4) is 34.3 Å². The average Bonchev–Trinajstić information content (AvgIpc) is 3.35. The molecule has 0 saturated carbocycles. The highest BCUT2D eigenvalue weighted by atomic mass is 79.9. The number of aliphatic carboxylic acids is 1. The first kappa shape index (κ1) is 19.6. The third kappa shape index (κ3) is 4.17. The van der Waals surface area contributed by atoms with Crippen LogP contribution >= 0.6 is 15.9 Å². The maximum absolute atomic E-state index is 14.5. The second kappa shape index (κ2) is 7.99. The van der Waals surface area contributed by atoms with E-state index in [2.05, 4.69) is 36.5 Å². The summed E-state index contributed by atoms with van der Waals surface area (Å²) < 4.78 is 39.0. The summed E-state index contributed by atoms with van der Waals surface area (Å²) in [4.78, 5) is 11.6. The number of carbonyl (C=O) groups is 1. The first-order valence-corrected chi connectivity index (χ1v) is 9.08. The molecule has 0 spiro atoms. The molecule has 0 fully saturated rings. The summed E-state index contributed by atoms with van der Waals surface area (Å²) in [6.45, 7) is -0.456. The minimum absolute atomic E-state index is 0.0337. The van der Waals surface area contributed by atoms with Crippen molar-refractivity contribution >= 4 is 21.9 Å². The average molecular weight is 478 g/mol. The van der Waals surface area contributed by atoms with Gasteiger partial charge in [0.1, 0.15) is 17.3 Å². The molecule has 12 heteroatoms. The molecule has 152 valence electrons. The predicted octanol–water partition coefficient (Wildman–Crippen LogP) is 3.91. The smallest absolute Gasteiger partial charge is 0.327 e. The van der Waals surface area contributed by atoms with E-state index in [0.29, 0.717) is 10.0 Å². The summed E-state index contributed by atoms with van der Waals surface area (Å²) in [6, 6.07) is 9.38. The Morgan fingerprint density at radius 2 is 2.00 bits per heavy atom. The fourth-order valence-electron chi connectivity index (χ4n) is 2.46. The van der Waals surface area contributed by atoms with Gasteiger partial charge in [-0.1, -0.05) is 5.16 Å². The Bertz CT molecular complexity index is 1240. The topological polar surface area (TPSA) is 116 Å². The van der Waals surface area contributed by atoms with Gasteiger partial charge in [-0.05, 0) is 51.5 Å². The molecule has 0 amide bonds. The van der Waals surface area contributed by atoms with E-state index < -0.39 is 24.1 Å². The lowest BCUT2D eigenvalue weighted by molar-refractivity contribution is -0.138. The van der Waals surface area contributed by atoms with Gasteiger partial charge in [0.2, 0.25) is 11.6 Å². The quantitative estimate of drug-likeness (QED) is 0.444. The number of nitrogens with zero attached hydrogens (tertiary/aromatic N) is 5. The van der Waals surface area contributed by atoms with E-state index in [9.17, 15) is 13.6 Å². The lowest BCUT2D eigenvalue weighted by Gasteiger charge is -2.09. The molecule has 0 atom stereocenters. The second-order valence-corrected chi connectivity index (χ2v) is 6.79. The third-order valence-corrected chi connectivity index (χ3v) is 4.46. The van der Waals surface area contributed by atoms with Gasteiger partial charge in [-0.3, -0.25) is 4.79 Å². The number of carboxylic acids is 1. The molecule has 4 aromatic rings. The molecule has 0 saturated heterocycles. The third-order valence-electron chi connectivity index (χ3n) is 3.80. The zero-order valence-corrected chi connectivity index (χ0v) is 16.4. The van der Waals surface area contributed by atoms with Crippen LogP contribution in [-0.2, 0) is 11.3 Å². The number of rotatable bonds is 6. The zero-order valence-electron chi connectivity index (χ0n) is 14.8. The van der Waals surface area contributed by atoms with Crippen LogP contribution in [0.3, 0.4) is 0 Å². The normalized spacial score (nSPS) is 10.9. The van der Waals surface area contributed by atoms with Crippen molar-refractivity contribution in [1.29, 1.82) is 0 Å². The molecule has 1 N–H and O–H groups in total. The summed E-state index contributed by atoms with van der Waals surface area (Å²) in [6.07, 6.45) is 0. The number of ether oxygens (including phenoxy) is 1. The molecular formula is C18H10BrF2N5O4. The molecule has 0 aliphatic heterocycles. The van der Waals surface area contributed by atoms with Gasteiger partial charge in [0, 0.05) is 17.7 Å². The molecule has 0 unspecified atom stereocenters. The van der Waals surface area contributed by atoms with E-state index >= 15 is 0 Å².